The monoisotopic (exact) mass is 348 g/mol. The highest BCUT2D eigenvalue weighted by atomic mass is 14.7. The molecule has 0 aliphatic rings. The number of aliphatic imine (C=N–C) groups is 2. The summed E-state index contributed by atoms with van der Waals surface area (Å²) in [6.45, 7) is 6.10. The SMILES string of the molecule is Cc1ccc(/C=N/CCCCCCCC/N=C/c2ccc(C)cc2)cc1. The predicted molar refractivity (Wildman–Crippen MR) is 115 cm³/mol. The first-order valence-corrected chi connectivity index (χ1v) is 9.87. The molecule has 2 aromatic rings. The van der Waals surface area contributed by atoms with Gasteiger partial charge in [-0.2, -0.15) is 0 Å². The van der Waals surface area contributed by atoms with Crippen molar-refractivity contribution in [3.63, 3.8) is 0 Å². The first-order valence-electron chi connectivity index (χ1n) is 9.87. The molecular formula is C24H32N2. The molecule has 0 aliphatic carbocycles. The zero-order valence-electron chi connectivity index (χ0n) is 16.3. The van der Waals surface area contributed by atoms with Crippen molar-refractivity contribution in [3.8, 4) is 0 Å². The minimum atomic E-state index is 0.939. The summed E-state index contributed by atoms with van der Waals surface area (Å²) in [5.41, 5.74) is 4.98. The molecule has 0 aromatic heterocycles. The average molecular weight is 349 g/mol. The van der Waals surface area contributed by atoms with Gasteiger partial charge in [0, 0.05) is 25.5 Å². The van der Waals surface area contributed by atoms with E-state index < -0.39 is 0 Å². The van der Waals surface area contributed by atoms with Crippen LogP contribution in [0.4, 0.5) is 0 Å². The largest absolute Gasteiger partial charge is 0.293 e. The quantitative estimate of drug-likeness (QED) is 0.342. The van der Waals surface area contributed by atoms with Crippen LogP contribution in [0.5, 0.6) is 0 Å². The van der Waals surface area contributed by atoms with E-state index in [1.807, 2.05) is 12.4 Å². The highest BCUT2D eigenvalue weighted by Crippen LogP contribution is 2.06. The molecule has 0 spiro atoms. The second-order valence-electron chi connectivity index (χ2n) is 7.01. The van der Waals surface area contributed by atoms with Gasteiger partial charge in [0.2, 0.25) is 0 Å². The maximum absolute atomic E-state index is 4.52. The highest BCUT2D eigenvalue weighted by molar-refractivity contribution is 5.79. The molecule has 138 valence electrons. The van der Waals surface area contributed by atoms with E-state index in [4.69, 9.17) is 0 Å². The Kier molecular flexibility index (Phi) is 9.42. The Bertz CT molecular complexity index is 605. The Hall–Kier alpha value is -2.22. The summed E-state index contributed by atoms with van der Waals surface area (Å²) in [4.78, 5) is 9.04. The van der Waals surface area contributed by atoms with E-state index >= 15 is 0 Å². The van der Waals surface area contributed by atoms with Gasteiger partial charge < -0.3 is 0 Å². The van der Waals surface area contributed by atoms with E-state index in [1.165, 1.54) is 60.8 Å². The third-order valence-electron chi connectivity index (χ3n) is 4.46. The van der Waals surface area contributed by atoms with Gasteiger partial charge in [-0.05, 0) is 37.8 Å². The van der Waals surface area contributed by atoms with Crippen LogP contribution in [0, 0.1) is 13.8 Å². The lowest BCUT2D eigenvalue weighted by Gasteiger charge is -2.00. The molecule has 2 heteroatoms. The predicted octanol–water partition coefficient (Wildman–Crippen LogP) is 6.18. The van der Waals surface area contributed by atoms with Crippen LogP contribution < -0.4 is 0 Å². The molecule has 0 bridgehead atoms. The lowest BCUT2D eigenvalue weighted by molar-refractivity contribution is 0.602. The van der Waals surface area contributed by atoms with Gasteiger partial charge in [-0.3, -0.25) is 9.98 Å². The fourth-order valence-electron chi connectivity index (χ4n) is 2.76. The van der Waals surface area contributed by atoms with Gasteiger partial charge in [0.15, 0.2) is 0 Å². The van der Waals surface area contributed by atoms with Crippen LogP contribution >= 0.6 is 0 Å². The summed E-state index contributed by atoms with van der Waals surface area (Å²) in [5.74, 6) is 0. The number of hydrogen-bond acceptors (Lipinski definition) is 2. The molecule has 0 fully saturated rings. The van der Waals surface area contributed by atoms with E-state index in [1.54, 1.807) is 0 Å². The second kappa shape index (κ2) is 12.2. The highest BCUT2D eigenvalue weighted by Gasteiger charge is 1.92. The summed E-state index contributed by atoms with van der Waals surface area (Å²) in [7, 11) is 0. The van der Waals surface area contributed by atoms with Gasteiger partial charge in [0.1, 0.15) is 0 Å². The van der Waals surface area contributed by atoms with E-state index in [-0.39, 0.29) is 0 Å². The number of aryl methyl sites for hydroxylation is 2. The Morgan fingerprint density at radius 2 is 0.885 bits per heavy atom. The fourth-order valence-corrected chi connectivity index (χ4v) is 2.76. The molecule has 0 heterocycles. The number of rotatable bonds is 11. The summed E-state index contributed by atoms with van der Waals surface area (Å²) in [6, 6.07) is 17.0. The van der Waals surface area contributed by atoms with Gasteiger partial charge in [-0.1, -0.05) is 85.3 Å². The first-order chi connectivity index (χ1) is 12.7. The summed E-state index contributed by atoms with van der Waals surface area (Å²) in [5, 5.41) is 0. The molecule has 2 aromatic carbocycles. The Morgan fingerprint density at radius 1 is 0.538 bits per heavy atom. The average Bonchev–Trinajstić information content (AvgIpc) is 2.65. The van der Waals surface area contributed by atoms with Gasteiger partial charge >= 0.3 is 0 Å². The third kappa shape index (κ3) is 8.75. The molecular weight excluding hydrogens is 316 g/mol. The maximum atomic E-state index is 4.52. The van der Waals surface area contributed by atoms with Crippen LogP contribution in [0.15, 0.2) is 58.5 Å². The maximum Gasteiger partial charge on any atom is 0.0389 e. The topological polar surface area (TPSA) is 24.7 Å². The smallest absolute Gasteiger partial charge is 0.0389 e. The Balaban J connectivity index is 1.43. The van der Waals surface area contributed by atoms with Crippen molar-refractivity contribution in [2.45, 2.75) is 52.4 Å². The molecule has 0 unspecified atom stereocenters. The van der Waals surface area contributed by atoms with Crippen LogP contribution in [0.2, 0.25) is 0 Å². The number of nitrogens with zero attached hydrogens (tertiary/aromatic N) is 2. The van der Waals surface area contributed by atoms with Crippen LogP contribution in [0.3, 0.4) is 0 Å². The molecule has 0 amide bonds. The lowest BCUT2D eigenvalue weighted by atomic mass is 10.1. The van der Waals surface area contributed by atoms with Crippen LogP contribution in [0.1, 0.15) is 60.8 Å². The van der Waals surface area contributed by atoms with Crippen molar-refractivity contribution < 1.29 is 0 Å². The zero-order valence-corrected chi connectivity index (χ0v) is 16.3. The fraction of sp³-hybridized carbons (Fsp3) is 0.417. The first kappa shape index (κ1) is 20.1. The van der Waals surface area contributed by atoms with Crippen molar-refractivity contribution in [3.05, 3.63) is 70.8 Å². The molecule has 26 heavy (non-hydrogen) atoms. The molecule has 0 N–H and O–H groups in total. The number of unbranched alkanes of at least 4 members (excludes halogenated alkanes) is 5. The van der Waals surface area contributed by atoms with E-state index in [0.717, 1.165) is 13.1 Å². The van der Waals surface area contributed by atoms with Crippen LogP contribution in [0.25, 0.3) is 0 Å². The van der Waals surface area contributed by atoms with Crippen molar-refractivity contribution in [2.24, 2.45) is 9.98 Å². The summed E-state index contributed by atoms with van der Waals surface area (Å²) < 4.78 is 0. The van der Waals surface area contributed by atoms with Crippen molar-refractivity contribution in [2.75, 3.05) is 13.1 Å². The van der Waals surface area contributed by atoms with E-state index in [9.17, 15) is 0 Å². The van der Waals surface area contributed by atoms with Crippen LogP contribution in [-0.4, -0.2) is 25.5 Å². The van der Waals surface area contributed by atoms with Crippen molar-refractivity contribution >= 4 is 12.4 Å². The van der Waals surface area contributed by atoms with Gasteiger partial charge in [-0.15, -0.1) is 0 Å². The summed E-state index contributed by atoms with van der Waals surface area (Å²) in [6.07, 6.45) is 11.5. The van der Waals surface area contributed by atoms with Crippen molar-refractivity contribution in [1.82, 2.24) is 0 Å². The summed E-state index contributed by atoms with van der Waals surface area (Å²) >= 11 is 0. The molecule has 2 rings (SSSR count). The van der Waals surface area contributed by atoms with Crippen LogP contribution in [-0.2, 0) is 0 Å². The van der Waals surface area contributed by atoms with E-state index in [0.29, 0.717) is 0 Å². The minimum Gasteiger partial charge on any atom is -0.293 e. The number of benzene rings is 2. The van der Waals surface area contributed by atoms with E-state index in [2.05, 4.69) is 72.4 Å². The number of hydrogen-bond donors (Lipinski definition) is 0. The lowest BCUT2D eigenvalue weighted by Crippen LogP contribution is -1.88. The molecule has 0 saturated heterocycles. The molecule has 0 saturated carbocycles. The van der Waals surface area contributed by atoms with Gasteiger partial charge in [-0.25, -0.2) is 0 Å². The molecule has 0 atom stereocenters. The molecule has 2 nitrogen and oxygen atoms in total. The van der Waals surface area contributed by atoms with Gasteiger partial charge in [0.25, 0.3) is 0 Å². The van der Waals surface area contributed by atoms with Gasteiger partial charge in [0.05, 0.1) is 0 Å². The Morgan fingerprint density at radius 3 is 1.27 bits per heavy atom. The minimum absolute atomic E-state index is 0.939. The normalized spacial score (nSPS) is 11.6. The second-order valence-corrected chi connectivity index (χ2v) is 7.01. The van der Waals surface area contributed by atoms with Crippen molar-refractivity contribution in [1.29, 1.82) is 0 Å². The molecule has 0 aliphatic heterocycles. The third-order valence-corrected chi connectivity index (χ3v) is 4.46. The zero-order chi connectivity index (χ0) is 18.5. The standard InChI is InChI=1S/C24H32N2/c1-21-9-13-23(14-10-21)19-25-17-7-5-3-4-6-8-18-26-20-24-15-11-22(2)12-16-24/h9-16,19-20H,3-8,17-18H2,1-2H3/b25-19+,26-20+. The molecule has 0 radical (unpaired) electrons. The Labute approximate surface area is 159 Å².